The molecule has 0 amide bonds. The maximum atomic E-state index is 6.02. The fourth-order valence-electron chi connectivity index (χ4n) is 3.02. The normalized spacial score (nSPS) is 13.8. The monoisotopic (exact) mass is 294 g/mol. The number of halogens is 1. The molecule has 2 aromatic carbocycles. The minimum absolute atomic E-state index is 0.622. The van der Waals surface area contributed by atoms with Crippen molar-refractivity contribution < 1.29 is 0 Å². The van der Waals surface area contributed by atoms with E-state index in [-0.39, 0.29) is 0 Å². The average molecular weight is 295 g/mol. The van der Waals surface area contributed by atoms with Crippen LogP contribution in [0.4, 0.5) is 0 Å². The third-order valence-electron chi connectivity index (χ3n) is 4.12. The lowest BCUT2D eigenvalue weighted by atomic mass is 9.95. The second-order valence-electron chi connectivity index (χ2n) is 5.69. The molecule has 0 nitrogen and oxygen atoms in total. The van der Waals surface area contributed by atoms with Crippen LogP contribution in [0, 0.1) is 13.8 Å². The first-order valence-electron chi connectivity index (χ1n) is 7.28. The van der Waals surface area contributed by atoms with Crippen molar-refractivity contribution in [3.05, 3.63) is 82.4 Å². The van der Waals surface area contributed by atoms with Gasteiger partial charge < -0.3 is 0 Å². The van der Waals surface area contributed by atoms with Crippen LogP contribution >= 0.6 is 11.6 Å². The quantitative estimate of drug-likeness (QED) is 0.631. The molecule has 0 aliphatic heterocycles. The number of fused-ring (bicyclic) bond motifs is 1. The Morgan fingerprint density at radius 3 is 2.24 bits per heavy atom. The van der Waals surface area contributed by atoms with Gasteiger partial charge in [-0.1, -0.05) is 60.2 Å². The lowest BCUT2D eigenvalue weighted by Gasteiger charge is -2.09. The van der Waals surface area contributed by atoms with Crippen molar-refractivity contribution >= 4 is 22.7 Å². The van der Waals surface area contributed by atoms with Crippen LogP contribution in [0.1, 0.15) is 34.2 Å². The summed E-state index contributed by atoms with van der Waals surface area (Å²) in [5.41, 5.74) is 10.1. The molecule has 0 bridgehead atoms. The predicted octanol–water partition coefficient (Wildman–Crippen LogP) is 5.76. The van der Waals surface area contributed by atoms with E-state index in [9.17, 15) is 0 Å². The molecule has 1 heteroatoms. The van der Waals surface area contributed by atoms with Crippen molar-refractivity contribution in [2.45, 2.75) is 20.3 Å². The van der Waals surface area contributed by atoms with Gasteiger partial charge in [0.25, 0.3) is 0 Å². The van der Waals surface area contributed by atoms with E-state index < -0.39 is 0 Å². The van der Waals surface area contributed by atoms with Crippen molar-refractivity contribution in [3.8, 4) is 0 Å². The maximum absolute atomic E-state index is 6.02. The van der Waals surface area contributed by atoms with Gasteiger partial charge in [-0.3, -0.25) is 0 Å². The smallest absolute Gasteiger partial charge is 0.0264 e. The fourth-order valence-corrected chi connectivity index (χ4v) is 3.21. The van der Waals surface area contributed by atoms with Crippen LogP contribution in [0.25, 0.3) is 11.1 Å². The van der Waals surface area contributed by atoms with Crippen LogP contribution in [0.2, 0.25) is 0 Å². The third-order valence-corrected chi connectivity index (χ3v) is 4.31. The van der Waals surface area contributed by atoms with Crippen LogP contribution in [-0.4, -0.2) is 5.88 Å². The highest BCUT2D eigenvalue weighted by molar-refractivity contribution is 6.18. The van der Waals surface area contributed by atoms with Gasteiger partial charge in [0, 0.05) is 5.88 Å². The summed E-state index contributed by atoms with van der Waals surface area (Å²) in [5, 5.41) is 0. The Bertz CT molecular complexity index is 733. The average Bonchev–Trinajstić information content (AvgIpc) is 2.74. The van der Waals surface area contributed by atoms with Gasteiger partial charge in [0.05, 0.1) is 0 Å². The van der Waals surface area contributed by atoms with Crippen molar-refractivity contribution in [1.82, 2.24) is 0 Å². The molecule has 0 saturated heterocycles. The predicted molar refractivity (Wildman–Crippen MR) is 92.8 cm³/mol. The molecule has 0 N–H and O–H groups in total. The van der Waals surface area contributed by atoms with E-state index >= 15 is 0 Å². The van der Waals surface area contributed by atoms with Crippen molar-refractivity contribution in [2.75, 3.05) is 5.88 Å². The highest BCUT2D eigenvalue weighted by atomic mass is 35.5. The van der Waals surface area contributed by atoms with Crippen molar-refractivity contribution in [2.24, 2.45) is 0 Å². The van der Waals surface area contributed by atoms with E-state index in [2.05, 4.69) is 62.9 Å². The van der Waals surface area contributed by atoms with Crippen LogP contribution in [0.5, 0.6) is 0 Å². The Morgan fingerprint density at radius 2 is 1.57 bits per heavy atom. The molecular formula is C20H19Cl. The molecule has 0 aromatic heterocycles. The van der Waals surface area contributed by atoms with Crippen LogP contribution in [0.3, 0.4) is 0 Å². The van der Waals surface area contributed by atoms with Gasteiger partial charge in [0.2, 0.25) is 0 Å². The lowest BCUT2D eigenvalue weighted by molar-refractivity contribution is 1.18. The first-order chi connectivity index (χ1) is 10.1. The minimum Gasteiger partial charge on any atom is -0.126 e. The zero-order valence-corrected chi connectivity index (χ0v) is 13.3. The first kappa shape index (κ1) is 14.2. The van der Waals surface area contributed by atoms with Gasteiger partial charge in [0.1, 0.15) is 0 Å². The molecule has 0 fully saturated rings. The van der Waals surface area contributed by atoms with Crippen LogP contribution in [0.15, 0.2) is 54.6 Å². The standard InChI is InChI=1S/C20H19Cl/c1-13-4-7-16(8-5-13)20-17(10-11-21)15(3)19-12-14(2)6-9-18(19)20/h4-9,12H,3,10-11H2,1-2H3. The Morgan fingerprint density at radius 1 is 0.905 bits per heavy atom. The Labute approximate surface area is 131 Å². The van der Waals surface area contributed by atoms with E-state index in [4.69, 9.17) is 11.6 Å². The Balaban J connectivity index is 2.22. The molecule has 1 aliphatic carbocycles. The number of hydrogen-bond acceptors (Lipinski definition) is 0. The molecule has 0 radical (unpaired) electrons. The maximum Gasteiger partial charge on any atom is 0.0264 e. The first-order valence-corrected chi connectivity index (χ1v) is 7.82. The topological polar surface area (TPSA) is 0 Å². The number of alkyl halides is 1. The van der Waals surface area contributed by atoms with Gasteiger partial charge in [0.15, 0.2) is 0 Å². The van der Waals surface area contributed by atoms with Crippen molar-refractivity contribution in [1.29, 1.82) is 0 Å². The summed E-state index contributed by atoms with van der Waals surface area (Å²) in [6.45, 7) is 8.55. The summed E-state index contributed by atoms with van der Waals surface area (Å²) >= 11 is 6.02. The molecule has 106 valence electrons. The largest absolute Gasteiger partial charge is 0.126 e. The third kappa shape index (κ3) is 2.45. The summed E-state index contributed by atoms with van der Waals surface area (Å²) in [6.07, 6.45) is 0.858. The van der Waals surface area contributed by atoms with Gasteiger partial charge in [-0.2, -0.15) is 0 Å². The van der Waals surface area contributed by atoms with Gasteiger partial charge in [-0.05, 0) is 53.7 Å². The molecule has 3 rings (SSSR count). The molecule has 21 heavy (non-hydrogen) atoms. The van der Waals surface area contributed by atoms with Gasteiger partial charge in [-0.15, -0.1) is 11.6 Å². The SMILES string of the molecule is C=C1C(CCCl)=C(c2ccc(C)cc2)c2ccc(C)cc21. The second kappa shape index (κ2) is 5.54. The number of hydrogen-bond donors (Lipinski definition) is 0. The Kier molecular flexibility index (Phi) is 3.73. The van der Waals surface area contributed by atoms with Crippen LogP contribution in [-0.2, 0) is 0 Å². The highest BCUT2D eigenvalue weighted by Gasteiger charge is 2.25. The summed E-state index contributed by atoms with van der Waals surface area (Å²) in [7, 11) is 0. The van der Waals surface area contributed by atoms with Crippen LogP contribution < -0.4 is 0 Å². The number of rotatable bonds is 3. The Hall–Kier alpha value is -1.79. The minimum atomic E-state index is 0.622. The van der Waals surface area contributed by atoms with E-state index in [1.54, 1.807) is 0 Å². The molecule has 0 atom stereocenters. The summed E-state index contributed by atoms with van der Waals surface area (Å²) in [6, 6.07) is 15.3. The molecule has 0 spiro atoms. The molecule has 0 saturated carbocycles. The van der Waals surface area contributed by atoms with Gasteiger partial charge in [-0.25, -0.2) is 0 Å². The van der Waals surface area contributed by atoms with Gasteiger partial charge >= 0.3 is 0 Å². The lowest BCUT2D eigenvalue weighted by Crippen LogP contribution is -1.90. The molecular weight excluding hydrogens is 276 g/mol. The number of allylic oxidation sites excluding steroid dienone is 2. The summed E-state index contributed by atoms with van der Waals surface area (Å²) in [5.74, 6) is 0.622. The number of benzene rings is 2. The summed E-state index contributed by atoms with van der Waals surface area (Å²) < 4.78 is 0. The summed E-state index contributed by atoms with van der Waals surface area (Å²) in [4.78, 5) is 0. The molecule has 2 aromatic rings. The number of aryl methyl sites for hydroxylation is 2. The van der Waals surface area contributed by atoms with E-state index in [0.29, 0.717) is 5.88 Å². The molecule has 0 unspecified atom stereocenters. The second-order valence-corrected chi connectivity index (χ2v) is 6.06. The van der Waals surface area contributed by atoms with E-state index in [1.807, 2.05) is 0 Å². The van der Waals surface area contributed by atoms with Crippen molar-refractivity contribution in [3.63, 3.8) is 0 Å². The van der Waals surface area contributed by atoms with E-state index in [1.165, 1.54) is 39.0 Å². The zero-order chi connectivity index (χ0) is 15.0. The molecule has 0 heterocycles. The zero-order valence-electron chi connectivity index (χ0n) is 12.5. The fraction of sp³-hybridized carbons (Fsp3) is 0.200. The van der Waals surface area contributed by atoms with E-state index in [0.717, 1.165) is 12.0 Å². The highest BCUT2D eigenvalue weighted by Crippen LogP contribution is 2.45. The molecule has 1 aliphatic rings.